The van der Waals surface area contributed by atoms with Gasteiger partial charge in [-0.3, -0.25) is 33.6 Å². The van der Waals surface area contributed by atoms with Crippen LogP contribution in [0.15, 0.2) is 58.5 Å². The van der Waals surface area contributed by atoms with Crippen molar-refractivity contribution in [2.75, 3.05) is 141 Å². The molecule has 7 fully saturated rings. The van der Waals surface area contributed by atoms with E-state index in [1.165, 1.54) is 0 Å². The van der Waals surface area contributed by atoms with Crippen molar-refractivity contribution in [3.05, 3.63) is 58.5 Å². The zero-order valence-electron chi connectivity index (χ0n) is 61.4. The van der Waals surface area contributed by atoms with Crippen molar-refractivity contribution in [2.45, 2.75) is 171 Å². The number of hydrogen-bond donors (Lipinski definition) is 3. The fraction of sp³-hybridized carbons (Fsp3) is 0.685. The molecule has 0 unspecified atom stereocenters. The van der Waals surface area contributed by atoms with E-state index in [1.807, 2.05) is 96.9 Å². The molecule has 31 heteroatoms. The van der Waals surface area contributed by atoms with Crippen molar-refractivity contribution in [3.8, 4) is 0 Å². The fourth-order valence-corrected chi connectivity index (χ4v) is 13.3. The van der Waals surface area contributed by atoms with Crippen molar-refractivity contribution in [3.63, 3.8) is 0 Å². The maximum atomic E-state index is 12.3. The Morgan fingerprint density at radius 2 is 0.577 bits per heavy atom. The normalized spacial score (nSPS) is 18.4. The number of ether oxygens (including phenoxy) is 5. The number of rotatable bonds is 16. The third-order valence-electron chi connectivity index (χ3n) is 18.7. The number of carbonyl (C=O) groups is 7. The summed E-state index contributed by atoms with van der Waals surface area (Å²) in [6.07, 6.45) is 24.9. The summed E-state index contributed by atoms with van der Waals surface area (Å²) in [6.45, 7) is 29.1. The molecule has 3 N–H and O–H groups in total. The molecule has 11 heterocycles. The Hall–Kier alpha value is -7.67. The predicted octanol–water partition coefficient (Wildman–Crippen LogP) is 9.89. The Kier molecular flexibility index (Phi) is 34.8. The van der Waals surface area contributed by atoms with Crippen molar-refractivity contribution in [1.29, 1.82) is 0 Å². The number of nitrogens with one attached hydrogen (secondary N) is 1. The molecule has 0 spiro atoms. The minimum Gasteiger partial charge on any atom is -0.481 e. The molecule has 0 atom stereocenters. The summed E-state index contributed by atoms with van der Waals surface area (Å²) >= 11 is 6.60. The van der Waals surface area contributed by atoms with Crippen LogP contribution in [0.25, 0.3) is 0 Å². The molecule has 576 valence electrons. The first kappa shape index (κ1) is 85.3. The Morgan fingerprint density at radius 1 is 0.365 bits per heavy atom. The van der Waals surface area contributed by atoms with Crippen LogP contribution in [0.2, 0.25) is 0 Å². The number of carboxylic acid groups (broad SMARTS) is 2. The van der Waals surface area contributed by atoms with Gasteiger partial charge in [0.15, 0.2) is 0 Å². The number of halogens is 2. The second kappa shape index (κ2) is 42.5. The molecule has 7 saturated heterocycles. The molecule has 104 heavy (non-hydrogen) atoms. The first-order valence-electron chi connectivity index (χ1n) is 36.4. The van der Waals surface area contributed by atoms with Gasteiger partial charge in [-0.25, -0.2) is 39.9 Å². The molecular weight excluding hydrogens is 1470 g/mol. The van der Waals surface area contributed by atoms with E-state index in [4.69, 9.17) is 33.9 Å². The zero-order chi connectivity index (χ0) is 74.6. The smallest absolute Gasteiger partial charge is 0.309 e. The number of esters is 5. The number of piperidine rings is 7. The molecule has 0 radical (unpaired) electrons. The zero-order valence-corrected chi connectivity index (χ0v) is 64.6. The molecule has 4 aromatic heterocycles. The summed E-state index contributed by atoms with van der Waals surface area (Å²) in [5.74, 6) is 0.521. The quantitative estimate of drug-likeness (QED) is 0.0693. The van der Waals surface area contributed by atoms with Gasteiger partial charge < -0.3 is 68.6 Å². The number of anilines is 6. The van der Waals surface area contributed by atoms with Gasteiger partial charge >= 0.3 is 41.8 Å². The SMILES string of the molecule is C.CC(C)(C)OC(=O)C1CCN(c2ncc(Br)cn2)CC1.CCOC(=O)C1CCN(c2cnc(N3CCC(C(=O)O)CC3)nc2)CC1.CCOC(=O)C1CCN(c2cnc(N3CCC(C(=O)OC(C)(C)C)CC3)nc2)CC1.CCOC(=O)C1CCNCC1.O=C(O)C1CCN(c2ncc(Br)cn2)CC1. The van der Waals surface area contributed by atoms with E-state index in [0.717, 1.165) is 156 Å². The molecule has 0 saturated carbocycles. The van der Waals surface area contributed by atoms with E-state index in [2.05, 4.69) is 96.6 Å². The minimum atomic E-state index is -0.716. The van der Waals surface area contributed by atoms with E-state index in [-0.39, 0.29) is 78.7 Å². The van der Waals surface area contributed by atoms with Crippen molar-refractivity contribution < 1.29 is 67.5 Å². The molecule has 0 bridgehead atoms. The highest BCUT2D eigenvalue weighted by molar-refractivity contribution is 9.10. The van der Waals surface area contributed by atoms with Crippen LogP contribution >= 0.6 is 31.9 Å². The Bertz CT molecular complexity index is 3270. The average Bonchev–Trinajstić information content (AvgIpc) is 0.838. The van der Waals surface area contributed by atoms with Crippen LogP contribution in [0.4, 0.5) is 35.2 Å². The van der Waals surface area contributed by atoms with E-state index in [9.17, 15) is 33.6 Å². The molecule has 7 aliphatic heterocycles. The van der Waals surface area contributed by atoms with Crippen molar-refractivity contribution in [2.24, 2.45) is 41.4 Å². The van der Waals surface area contributed by atoms with Gasteiger partial charge in [0.1, 0.15) is 11.2 Å². The topological polar surface area (TPSA) is 341 Å². The minimum absolute atomic E-state index is 0. The molecular formula is C73H111Br2N15O14. The van der Waals surface area contributed by atoms with E-state index < -0.39 is 23.1 Å². The number of carbonyl (C=O) groups excluding carboxylic acids is 5. The van der Waals surface area contributed by atoms with E-state index in [0.29, 0.717) is 89.5 Å². The van der Waals surface area contributed by atoms with Crippen molar-refractivity contribution >= 4 is 109 Å². The van der Waals surface area contributed by atoms with Crippen LogP contribution in [0.3, 0.4) is 0 Å². The number of hydrogen-bond acceptors (Lipinski definition) is 27. The van der Waals surface area contributed by atoms with Crippen LogP contribution in [-0.2, 0) is 57.2 Å². The average molecular weight is 1580 g/mol. The van der Waals surface area contributed by atoms with Gasteiger partial charge in [0.05, 0.1) is 106 Å². The molecule has 4 aromatic rings. The largest absolute Gasteiger partial charge is 0.481 e. The lowest BCUT2D eigenvalue weighted by atomic mass is 9.96. The third kappa shape index (κ3) is 28.0. The second-order valence-corrected chi connectivity index (χ2v) is 30.3. The Morgan fingerprint density at radius 3 is 0.808 bits per heavy atom. The second-order valence-electron chi connectivity index (χ2n) is 28.5. The van der Waals surface area contributed by atoms with Crippen molar-refractivity contribution in [1.82, 2.24) is 45.2 Å². The van der Waals surface area contributed by atoms with Gasteiger partial charge in [-0.05, 0) is 197 Å². The number of nitrogens with zero attached hydrogens (tertiary/aromatic N) is 14. The molecule has 0 aliphatic carbocycles. The predicted molar refractivity (Wildman–Crippen MR) is 402 cm³/mol. The standard InChI is InChI=1S/C22H34N4O4.C18H26N4O4.C14H20BrN3O2.C10H12BrN3O2.C8H15NO2.CH4/c1-5-29-19(27)16-6-10-25(11-7-16)18-14-23-21(24-15-18)26-12-8-17(9-13-26)20(28)30-22(2,3)4;1-2-26-17(25)14-5-7-21(8-6-14)15-11-19-18(20-12-15)22-9-3-13(4-10-22)16(23)24;1-14(2,3)20-12(19)10-4-6-18(7-5-10)13-16-8-11(15)9-17-13;11-8-5-12-10(13-6-8)14-3-1-7(2-4-14)9(15)16;1-2-11-8(10)7-3-5-9-6-4-7;/h14-17H,5-13H2,1-4H3;11-14H,2-10H2,1H3,(H,23,24);8-10H,4-7H2,1-3H3;5-7H,1-4H2,(H,15,16);7,9H,2-6H2,1H3;1H4. The summed E-state index contributed by atoms with van der Waals surface area (Å²) in [6, 6.07) is 0. The van der Waals surface area contributed by atoms with E-state index in [1.54, 1.807) is 24.8 Å². The summed E-state index contributed by atoms with van der Waals surface area (Å²) in [5.41, 5.74) is 1.07. The van der Waals surface area contributed by atoms with Gasteiger partial charge in [0, 0.05) is 103 Å². The lowest BCUT2D eigenvalue weighted by molar-refractivity contribution is -0.161. The molecule has 0 amide bonds. The summed E-state index contributed by atoms with van der Waals surface area (Å²) in [4.78, 5) is 129. The third-order valence-corrected chi connectivity index (χ3v) is 19.5. The Balaban J connectivity index is 0.000000211. The number of carboxylic acids is 2. The molecule has 29 nitrogen and oxygen atoms in total. The first-order valence-corrected chi connectivity index (χ1v) is 38.0. The summed E-state index contributed by atoms with van der Waals surface area (Å²) < 4.78 is 27.8. The van der Waals surface area contributed by atoms with Crippen LogP contribution in [0, 0.1) is 41.4 Å². The maximum Gasteiger partial charge on any atom is 0.309 e. The van der Waals surface area contributed by atoms with Gasteiger partial charge in [-0.2, -0.15) is 0 Å². The van der Waals surface area contributed by atoms with E-state index >= 15 is 0 Å². The number of aromatic nitrogens is 8. The lowest BCUT2D eigenvalue weighted by Crippen LogP contribution is -2.39. The van der Waals surface area contributed by atoms with Crippen LogP contribution in [-0.4, -0.2) is 215 Å². The first-order chi connectivity index (χ1) is 49.2. The Labute approximate surface area is 629 Å². The van der Waals surface area contributed by atoms with Crippen LogP contribution < -0.4 is 34.7 Å². The highest BCUT2D eigenvalue weighted by Crippen LogP contribution is 2.31. The highest BCUT2D eigenvalue weighted by Gasteiger charge is 2.34. The van der Waals surface area contributed by atoms with Gasteiger partial charge in [0.25, 0.3) is 0 Å². The molecule has 0 aromatic carbocycles. The maximum absolute atomic E-state index is 12.3. The summed E-state index contributed by atoms with van der Waals surface area (Å²) in [7, 11) is 0. The summed E-state index contributed by atoms with van der Waals surface area (Å²) in [5, 5.41) is 21.2. The monoisotopic (exact) mass is 1580 g/mol. The number of aliphatic carboxylic acids is 2. The van der Waals surface area contributed by atoms with Gasteiger partial charge in [0.2, 0.25) is 23.8 Å². The van der Waals surface area contributed by atoms with Gasteiger partial charge in [-0.15, -0.1) is 0 Å². The lowest BCUT2D eigenvalue weighted by Gasteiger charge is -2.33. The van der Waals surface area contributed by atoms with Gasteiger partial charge in [-0.1, -0.05) is 7.43 Å². The molecule has 7 aliphatic rings. The van der Waals surface area contributed by atoms with Crippen LogP contribution in [0.5, 0.6) is 0 Å². The highest BCUT2D eigenvalue weighted by atomic mass is 79.9. The fourth-order valence-electron chi connectivity index (χ4n) is 12.9. The molecule has 11 rings (SSSR count). The van der Waals surface area contributed by atoms with Crippen LogP contribution in [0.1, 0.15) is 160 Å².